The molecule has 25 heavy (non-hydrogen) atoms. The first-order valence-electron chi connectivity index (χ1n) is 9.68. The second-order valence-electron chi connectivity index (χ2n) is 8.94. The fourth-order valence-electron chi connectivity index (χ4n) is 6.51. The third kappa shape index (κ3) is 2.50. The van der Waals surface area contributed by atoms with Gasteiger partial charge in [0.25, 0.3) is 0 Å². The van der Waals surface area contributed by atoms with Crippen molar-refractivity contribution < 1.29 is 14.4 Å². The lowest BCUT2D eigenvalue weighted by molar-refractivity contribution is -0.126. The summed E-state index contributed by atoms with van der Waals surface area (Å²) in [7, 11) is 0. The maximum absolute atomic E-state index is 12.9. The van der Waals surface area contributed by atoms with Gasteiger partial charge in [0, 0.05) is 18.6 Å². The monoisotopic (exact) mass is 346 g/mol. The van der Waals surface area contributed by atoms with Crippen molar-refractivity contribution in [3.8, 4) is 0 Å². The van der Waals surface area contributed by atoms with Crippen LogP contribution in [0.1, 0.15) is 44.9 Å². The third-order valence-corrected chi connectivity index (χ3v) is 7.10. The Labute approximate surface area is 147 Å². The average Bonchev–Trinajstić information content (AvgIpc) is 3.12. The van der Waals surface area contributed by atoms with E-state index in [1.165, 1.54) is 24.2 Å². The quantitative estimate of drug-likeness (QED) is 0.739. The Morgan fingerprint density at radius 1 is 1.08 bits per heavy atom. The molecular weight excluding hydrogens is 320 g/mol. The van der Waals surface area contributed by atoms with Gasteiger partial charge in [-0.15, -0.1) is 0 Å². The number of hydrogen-bond acceptors (Lipinski definition) is 3. The van der Waals surface area contributed by atoms with E-state index in [1.54, 1.807) is 4.90 Å². The fourth-order valence-corrected chi connectivity index (χ4v) is 6.51. The van der Waals surface area contributed by atoms with Crippen LogP contribution >= 0.6 is 0 Å². The molecule has 0 aromatic carbocycles. The smallest absolute Gasteiger partial charge is 0.324 e. The average molecular weight is 346 g/mol. The molecule has 6 rings (SSSR count). The highest BCUT2D eigenvalue weighted by Crippen LogP contribution is 2.55. The van der Waals surface area contributed by atoms with E-state index in [-0.39, 0.29) is 36.1 Å². The fraction of sp³-hybridized carbons (Fsp3) is 0.833. The van der Waals surface area contributed by atoms with Gasteiger partial charge < -0.3 is 15.5 Å². The molecular formula is C18H26N4O3. The second kappa shape index (κ2) is 5.35. The Kier molecular flexibility index (Phi) is 3.31. The van der Waals surface area contributed by atoms with Gasteiger partial charge in [-0.2, -0.15) is 0 Å². The van der Waals surface area contributed by atoms with E-state index in [1.807, 2.05) is 0 Å². The molecule has 2 N–H and O–H groups in total. The number of nitrogens with zero attached hydrogens (tertiary/aromatic N) is 2. The molecule has 7 nitrogen and oxygen atoms in total. The van der Waals surface area contributed by atoms with Gasteiger partial charge in [0.05, 0.1) is 12.6 Å². The summed E-state index contributed by atoms with van der Waals surface area (Å²) >= 11 is 0. The molecule has 4 aliphatic carbocycles. The zero-order valence-electron chi connectivity index (χ0n) is 14.5. The van der Waals surface area contributed by atoms with Crippen LogP contribution < -0.4 is 10.6 Å². The Balaban J connectivity index is 1.24. The van der Waals surface area contributed by atoms with Gasteiger partial charge in [-0.1, -0.05) is 0 Å². The van der Waals surface area contributed by atoms with Crippen LogP contribution in [0.4, 0.5) is 9.59 Å². The lowest BCUT2D eigenvalue weighted by atomic mass is 9.53. The lowest BCUT2D eigenvalue weighted by Crippen LogP contribution is -2.61. The number of amides is 5. The summed E-state index contributed by atoms with van der Waals surface area (Å²) in [6.07, 6.45) is 8.14. The third-order valence-electron chi connectivity index (χ3n) is 7.10. The molecule has 2 aliphatic heterocycles. The zero-order valence-corrected chi connectivity index (χ0v) is 14.5. The van der Waals surface area contributed by atoms with E-state index in [2.05, 4.69) is 10.6 Å². The molecule has 136 valence electrons. The number of rotatable bonds is 2. The van der Waals surface area contributed by atoms with Gasteiger partial charge in [0.1, 0.15) is 0 Å². The van der Waals surface area contributed by atoms with Gasteiger partial charge in [0.2, 0.25) is 5.91 Å². The minimum absolute atomic E-state index is 0.00324. The summed E-state index contributed by atoms with van der Waals surface area (Å²) in [4.78, 5) is 39.7. The van der Waals surface area contributed by atoms with Crippen molar-refractivity contribution in [3.05, 3.63) is 0 Å². The van der Waals surface area contributed by atoms with E-state index in [9.17, 15) is 14.4 Å². The summed E-state index contributed by atoms with van der Waals surface area (Å²) in [5.74, 6) is 2.20. The van der Waals surface area contributed by atoms with Crippen LogP contribution in [0.25, 0.3) is 0 Å². The molecule has 1 atom stereocenters. The van der Waals surface area contributed by atoms with Crippen molar-refractivity contribution >= 4 is 18.0 Å². The van der Waals surface area contributed by atoms with Gasteiger partial charge in [0.15, 0.2) is 0 Å². The first kappa shape index (κ1) is 15.5. The van der Waals surface area contributed by atoms with Crippen LogP contribution in [0, 0.1) is 17.8 Å². The first-order chi connectivity index (χ1) is 12.0. The van der Waals surface area contributed by atoms with Crippen molar-refractivity contribution in [1.29, 1.82) is 0 Å². The Hall–Kier alpha value is -1.79. The van der Waals surface area contributed by atoms with E-state index >= 15 is 0 Å². The van der Waals surface area contributed by atoms with Crippen LogP contribution in [-0.2, 0) is 4.79 Å². The predicted octanol–water partition coefficient (Wildman–Crippen LogP) is 1.29. The number of hydrogen-bond donors (Lipinski definition) is 2. The number of carbonyl (C=O) groups is 3. The van der Waals surface area contributed by atoms with Crippen molar-refractivity contribution in [3.63, 3.8) is 0 Å². The predicted molar refractivity (Wildman–Crippen MR) is 89.7 cm³/mol. The van der Waals surface area contributed by atoms with Gasteiger partial charge >= 0.3 is 12.1 Å². The maximum Gasteiger partial charge on any atom is 0.324 e. The van der Waals surface area contributed by atoms with Gasteiger partial charge in [-0.25, -0.2) is 9.59 Å². The Morgan fingerprint density at radius 2 is 1.72 bits per heavy atom. The molecule has 6 aliphatic rings. The minimum atomic E-state index is -0.321. The largest absolute Gasteiger partial charge is 0.333 e. The van der Waals surface area contributed by atoms with Crippen molar-refractivity contribution in [2.45, 2.75) is 56.5 Å². The van der Waals surface area contributed by atoms with E-state index in [0.717, 1.165) is 37.0 Å². The molecule has 2 saturated heterocycles. The van der Waals surface area contributed by atoms with Crippen LogP contribution in [0.2, 0.25) is 0 Å². The number of imide groups is 1. The van der Waals surface area contributed by atoms with Crippen molar-refractivity contribution in [1.82, 2.24) is 20.4 Å². The molecule has 4 saturated carbocycles. The second-order valence-corrected chi connectivity index (χ2v) is 8.94. The molecule has 7 heteroatoms. The van der Waals surface area contributed by atoms with E-state index in [0.29, 0.717) is 19.5 Å². The van der Waals surface area contributed by atoms with Crippen LogP contribution in [-0.4, -0.2) is 59.0 Å². The summed E-state index contributed by atoms with van der Waals surface area (Å²) in [6, 6.07) is -0.507. The number of carbonyl (C=O) groups excluding carboxylic acids is 3. The normalized spacial score (nSPS) is 42.2. The first-order valence-corrected chi connectivity index (χ1v) is 9.68. The molecule has 6 fully saturated rings. The van der Waals surface area contributed by atoms with Crippen LogP contribution in [0.3, 0.4) is 0 Å². The van der Waals surface area contributed by atoms with Gasteiger partial charge in [-0.3, -0.25) is 9.69 Å². The van der Waals surface area contributed by atoms with Gasteiger partial charge in [-0.05, 0) is 62.7 Å². The summed E-state index contributed by atoms with van der Waals surface area (Å²) < 4.78 is 0. The number of likely N-dealkylation sites (tertiary alicyclic amines) is 1. The molecule has 5 amide bonds. The highest BCUT2D eigenvalue weighted by atomic mass is 16.2. The Morgan fingerprint density at radius 3 is 2.28 bits per heavy atom. The van der Waals surface area contributed by atoms with Crippen molar-refractivity contribution in [2.24, 2.45) is 17.8 Å². The summed E-state index contributed by atoms with van der Waals surface area (Å²) in [5.41, 5.74) is 0.00472. The molecule has 0 radical (unpaired) electrons. The molecule has 1 unspecified atom stereocenters. The van der Waals surface area contributed by atoms with E-state index < -0.39 is 0 Å². The molecule has 0 aromatic rings. The SMILES string of the molecule is O=C(NC12CC3CC(CC(C3)C1)C2)N1CCC(N2C(=O)CNC2=O)C1. The van der Waals surface area contributed by atoms with Crippen LogP contribution in [0.5, 0.6) is 0 Å². The molecule has 4 bridgehead atoms. The van der Waals surface area contributed by atoms with Crippen LogP contribution in [0.15, 0.2) is 0 Å². The topological polar surface area (TPSA) is 81.8 Å². The van der Waals surface area contributed by atoms with E-state index in [4.69, 9.17) is 0 Å². The standard InChI is InChI=1S/C18H26N4O3/c23-15-9-19-16(24)22(15)14-1-2-21(10-14)17(25)20-18-6-11-3-12(7-18)5-13(4-11)8-18/h11-14H,1-10H2,(H,19,24)(H,20,25). The molecule has 2 heterocycles. The van der Waals surface area contributed by atoms with Crippen molar-refractivity contribution in [2.75, 3.05) is 19.6 Å². The summed E-state index contributed by atoms with van der Waals surface area (Å²) in [5, 5.41) is 5.94. The Bertz CT molecular complexity index is 583. The highest BCUT2D eigenvalue weighted by molar-refractivity contribution is 6.02. The maximum atomic E-state index is 12.9. The molecule has 0 aromatic heterocycles. The highest BCUT2D eigenvalue weighted by Gasteiger charge is 2.52. The molecule has 0 spiro atoms. The number of urea groups is 2. The minimum Gasteiger partial charge on any atom is -0.333 e. The number of nitrogens with one attached hydrogen (secondary N) is 2. The summed E-state index contributed by atoms with van der Waals surface area (Å²) in [6.45, 7) is 1.14. The lowest BCUT2D eigenvalue weighted by Gasteiger charge is -2.57. The zero-order chi connectivity index (χ0) is 17.2.